The fraction of sp³-hybridized carbons (Fsp3) is 0.231. The highest BCUT2D eigenvalue weighted by Crippen LogP contribution is 2.10. The van der Waals surface area contributed by atoms with Gasteiger partial charge in [-0.1, -0.05) is 17.3 Å². The highest BCUT2D eigenvalue weighted by Gasteiger charge is 2.09. The summed E-state index contributed by atoms with van der Waals surface area (Å²) in [4.78, 5) is 0. The highest BCUT2D eigenvalue weighted by molar-refractivity contribution is 5.33. The number of tetrazole rings is 1. The van der Waals surface area contributed by atoms with Crippen molar-refractivity contribution in [2.24, 2.45) is 0 Å². The Morgan fingerprint density at radius 2 is 2.15 bits per heavy atom. The molecule has 1 unspecified atom stereocenters. The SMILES string of the molecule is CC(NCc1ccc(-n2cccn2)cc1)c1nn[nH]n1. The van der Waals surface area contributed by atoms with E-state index in [9.17, 15) is 0 Å². The monoisotopic (exact) mass is 269 g/mol. The van der Waals surface area contributed by atoms with Gasteiger partial charge in [-0.2, -0.15) is 10.3 Å². The predicted octanol–water partition coefficient (Wildman–Crippen LogP) is 1.24. The lowest BCUT2D eigenvalue weighted by atomic mass is 10.2. The lowest BCUT2D eigenvalue weighted by molar-refractivity contribution is 0.546. The van der Waals surface area contributed by atoms with E-state index in [0.29, 0.717) is 5.82 Å². The molecule has 2 heterocycles. The van der Waals surface area contributed by atoms with Gasteiger partial charge in [-0.05, 0) is 30.7 Å². The Morgan fingerprint density at radius 1 is 1.30 bits per heavy atom. The van der Waals surface area contributed by atoms with Crippen LogP contribution in [0.3, 0.4) is 0 Å². The Bertz CT molecular complexity index is 628. The Labute approximate surface area is 116 Å². The van der Waals surface area contributed by atoms with Gasteiger partial charge in [0.1, 0.15) is 0 Å². The molecule has 2 N–H and O–H groups in total. The van der Waals surface area contributed by atoms with Gasteiger partial charge in [0.15, 0.2) is 5.82 Å². The van der Waals surface area contributed by atoms with Crippen LogP contribution in [0, 0.1) is 0 Å². The summed E-state index contributed by atoms with van der Waals surface area (Å²) in [5, 5.41) is 21.5. The van der Waals surface area contributed by atoms with Crippen LogP contribution < -0.4 is 5.32 Å². The summed E-state index contributed by atoms with van der Waals surface area (Å²) in [6, 6.07) is 10.2. The Balaban J connectivity index is 1.61. The van der Waals surface area contributed by atoms with Gasteiger partial charge in [-0.15, -0.1) is 10.2 Å². The first-order valence-electron chi connectivity index (χ1n) is 6.38. The summed E-state index contributed by atoms with van der Waals surface area (Å²) in [7, 11) is 0. The Kier molecular flexibility index (Phi) is 3.51. The highest BCUT2D eigenvalue weighted by atomic mass is 15.5. The second-order valence-electron chi connectivity index (χ2n) is 4.49. The minimum atomic E-state index is 0.0551. The van der Waals surface area contributed by atoms with Crippen LogP contribution in [0.5, 0.6) is 0 Å². The Morgan fingerprint density at radius 3 is 2.80 bits per heavy atom. The first-order valence-corrected chi connectivity index (χ1v) is 6.38. The second-order valence-corrected chi connectivity index (χ2v) is 4.49. The molecule has 2 aromatic heterocycles. The number of hydrogen-bond donors (Lipinski definition) is 2. The topological polar surface area (TPSA) is 84.3 Å². The van der Waals surface area contributed by atoms with Crippen LogP contribution in [0.1, 0.15) is 24.4 Å². The second kappa shape index (κ2) is 5.62. The van der Waals surface area contributed by atoms with Gasteiger partial charge in [0.05, 0.1) is 11.7 Å². The standard InChI is InChI=1S/C13H15N7/c1-10(13-16-18-19-17-13)14-9-11-3-5-12(6-4-11)20-8-2-7-15-20/h2-8,10,14H,9H2,1H3,(H,16,17,18,19). The van der Waals surface area contributed by atoms with Crippen molar-refractivity contribution in [2.75, 3.05) is 0 Å². The predicted molar refractivity (Wildman–Crippen MR) is 73.0 cm³/mol. The lowest BCUT2D eigenvalue weighted by Crippen LogP contribution is -2.19. The molecule has 0 radical (unpaired) electrons. The average molecular weight is 269 g/mol. The van der Waals surface area contributed by atoms with Gasteiger partial charge in [-0.3, -0.25) is 0 Å². The summed E-state index contributed by atoms with van der Waals surface area (Å²) in [6.07, 6.45) is 3.69. The maximum Gasteiger partial charge on any atom is 0.191 e. The molecule has 3 rings (SSSR count). The molecule has 102 valence electrons. The smallest absolute Gasteiger partial charge is 0.191 e. The van der Waals surface area contributed by atoms with Gasteiger partial charge in [0.2, 0.25) is 0 Å². The third kappa shape index (κ3) is 2.72. The zero-order chi connectivity index (χ0) is 13.8. The quantitative estimate of drug-likeness (QED) is 0.728. The third-order valence-electron chi connectivity index (χ3n) is 3.07. The molecule has 0 saturated heterocycles. The molecule has 0 fully saturated rings. The van der Waals surface area contributed by atoms with Crippen molar-refractivity contribution in [3.8, 4) is 5.69 Å². The fourth-order valence-corrected chi connectivity index (χ4v) is 1.90. The van der Waals surface area contributed by atoms with Crippen LogP contribution in [-0.2, 0) is 6.54 Å². The fourth-order valence-electron chi connectivity index (χ4n) is 1.90. The average Bonchev–Trinajstić information content (AvgIpc) is 3.18. The molecule has 7 heteroatoms. The van der Waals surface area contributed by atoms with Crippen molar-refractivity contribution in [2.45, 2.75) is 19.5 Å². The number of nitrogens with zero attached hydrogens (tertiary/aromatic N) is 5. The van der Waals surface area contributed by atoms with Crippen molar-refractivity contribution in [3.05, 3.63) is 54.1 Å². The van der Waals surface area contributed by atoms with Gasteiger partial charge in [0, 0.05) is 18.9 Å². The number of rotatable bonds is 5. The molecule has 7 nitrogen and oxygen atoms in total. The molecule has 0 bridgehead atoms. The molecule has 0 spiro atoms. The number of nitrogens with one attached hydrogen (secondary N) is 2. The molecule has 0 saturated carbocycles. The number of benzene rings is 1. The number of aromatic nitrogens is 6. The summed E-state index contributed by atoms with van der Waals surface area (Å²) >= 11 is 0. The number of hydrogen-bond acceptors (Lipinski definition) is 5. The molecule has 0 aliphatic carbocycles. The van der Waals surface area contributed by atoms with E-state index in [1.54, 1.807) is 6.20 Å². The summed E-state index contributed by atoms with van der Waals surface area (Å²) < 4.78 is 1.83. The molecule has 1 atom stereocenters. The van der Waals surface area contributed by atoms with Crippen molar-refractivity contribution >= 4 is 0 Å². The van der Waals surface area contributed by atoms with Crippen LogP contribution in [0.25, 0.3) is 5.69 Å². The maximum absolute atomic E-state index is 4.20. The van der Waals surface area contributed by atoms with E-state index in [2.05, 4.69) is 43.2 Å². The minimum absolute atomic E-state index is 0.0551. The Hall–Kier alpha value is -2.54. The van der Waals surface area contributed by atoms with E-state index in [4.69, 9.17) is 0 Å². The molecular formula is C13H15N7. The zero-order valence-electron chi connectivity index (χ0n) is 11.1. The van der Waals surface area contributed by atoms with Crippen LogP contribution >= 0.6 is 0 Å². The van der Waals surface area contributed by atoms with E-state index < -0.39 is 0 Å². The first-order chi connectivity index (χ1) is 9.83. The van der Waals surface area contributed by atoms with Gasteiger partial charge in [-0.25, -0.2) is 4.68 Å². The van der Waals surface area contributed by atoms with Gasteiger partial charge < -0.3 is 5.32 Å². The van der Waals surface area contributed by atoms with Crippen molar-refractivity contribution < 1.29 is 0 Å². The summed E-state index contributed by atoms with van der Waals surface area (Å²) in [5.74, 6) is 0.665. The maximum atomic E-state index is 4.20. The number of aromatic amines is 1. The molecule has 0 amide bonds. The van der Waals surface area contributed by atoms with Crippen LogP contribution in [0.2, 0.25) is 0 Å². The first kappa shape index (κ1) is 12.5. The largest absolute Gasteiger partial charge is 0.303 e. The minimum Gasteiger partial charge on any atom is -0.303 e. The van der Waals surface area contributed by atoms with Crippen LogP contribution in [0.15, 0.2) is 42.7 Å². The molecule has 0 aliphatic rings. The normalized spacial score (nSPS) is 12.4. The van der Waals surface area contributed by atoms with Crippen molar-refractivity contribution in [3.63, 3.8) is 0 Å². The van der Waals surface area contributed by atoms with E-state index in [1.807, 2.05) is 36.0 Å². The van der Waals surface area contributed by atoms with Crippen molar-refractivity contribution in [1.82, 2.24) is 35.7 Å². The van der Waals surface area contributed by atoms with E-state index >= 15 is 0 Å². The van der Waals surface area contributed by atoms with E-state index in [0.717, 1.165) is 12.2 Å². The molecule has 3 aromatic rings. The number of H-pyrrole nitrogens is 1. The molecule has 20 heavy (non-hydrogen) atoms. The summed E-state index contributed by atoms with van der Waals surface area (Å²) in [6.45, 7) is 2.75. The molecular weight excluding hydrogens is 254 g/mol. The molecule has 1 aromatic carbocycles. The zero-order valence-corrected chi connectivity index (χ0v) is 11.1. The summed E-state index contributed by atoms with van der Waals surface area (Å²) in [5.41, 5.74) is 2.24. The lowest BCUT2D eigenvalue weighted by Gasteiger charge is -2.10. The van der Waals surface area contributed by atoms with E-state index in [1.165, 1.54) is 5.56 Å². The van der Waals surface area contributed by atoms with Crippen LogP contribution in [-0.4, -0.2) is 30.4 Å². The third-order valence-corrected chi connectivity index (χ3v) is 3.07. The van der Waals surface area contributed by atoms with Gasteiger partial charge in [0.25, 0.3) is 0 Å². The molecule has 0 aliphatic heterocycles. The van der Waals surface area contributed by atoms with Crippen molar-refractivity contribution in [1.29, 1.82) is 0 Å². The van der Waals surface area contributed by atoms with E-state index in [-0.39, 0.29) is 6.04 Å². The van der Waals surface area contributed by atoms with Crippen LogP contribution in [0.4, 0.5) is 0 Å². The van der Waals surface area contributed by atoms with Gasteiger partial charge >= 0.3 is 0 Å².